The molecule has 1 atom stereocenters. The number of pyridine rings is 1. The highest BCUT2D eigenvalue weighted by Gasteiger charge is 2.27. The van der Waals surface area contributed by atoms with Gasteiger partial charge in [-0.15, -0.1) is 11.3 Å². The molecule has 0 spiro atoms. The first-order chi connectivity index (χ1) is 15.5. The Hall–Kier alpha value is -2.80. The Kier molecular flexibility index (Phi) is 5.67. The topological polar surface area (TPSA) is 60.5 Å². The monoisotopic (exact) mass is 484 g/mol. The number of hydrogen-bond donors (Lipinski definition) is 1. The first-order valence-electron chi connectivity index (χ1n) is 9.99. The summed E-state index contributed by atoms with van der Waals surface area (Å²) in [6.45, 7) is 0.551. The number of aromatic nitrogens is 1. The molecule has 2 aromatic carbocycles. The van der Waals surface area contributed by atoms with Gasteiger partial charge in [0.2, 0.25) is 0 Å². The number of hydrogen-bond acceptors (Lipinski definition) is 5. The predicted octanol–water partition coefficient (Wildman–Crippen LogP) is 6.53. The van der Waals surface area contributed by atoms with Crippen molar-refractivity contribution in [2.45, 2.75) is 12.5 Å². The number of rotatable bonds is 4. The fraction of sp³-hybridized carbons (Fsp3) is 0.167. The van der Waals surface area contributed by atoms with E-state index in [9.17, 15) is 4.79 Å². The van der Waals surface area contributed by atoms with E-state index in [0.717, 1.165) is 27.0 Å². The molecule has 0 saturated carbocycles. The van der Waals surface area contributed by atoms with Gasteiger partial charge in [-0.2, -0.15) is 0 Å². The minimum absolute atomic E-state index is 0.133. The number of ether oxygens (including phenoxy) is 2. The third-order valence-corrected chi connectivity index (χ3v) is 7.00. The third kappa shape index (κ3) is 3.79. The van der Waals surface area contributed by atoms with E-state index in [1.54, 1.807) is 31.5 Å². The molecule has 162 valence electrons. The van der Waals surface area contributed by atoms with Gasteiger partial charge in [0.15, 0.2) is 0 Å². The van der Waals surface area contributed by atoms with E-state index < -0.39 is 0 Å². The second kappa shape index (κ2) is 8.62. The lowest BCUT2D eigenvalue weighted by atomic mass is 10.0. The molecule has 0 bridgehead atoms. The molecule has 1 N–H and O–H groups in total. The van der Waals surface area contributed by atoms with Gasteiger partial charge in [0.25, 0.3) is 5.91 Å². The number of fused-ring (bicyclic) bond motifs is 2. The van der Waals surface area contributed by atoms with E-state index in [1.165, 1.54) is 11.3 Å². The van der Waals surface area contributed by atoms with Crippen LogP contribution in [0, 0.1) is 0 Å². The molecule has 1 aliphatic heterocycles. The van der Waals surface area contributed by atoms with Crippen LogP contribution in [-0.4, -0.2) is 24.6 Å². The van der Waals surface area contributed by atoms with Crippen molar-refractivity contribution in [3.63, 3.8) is 0 Å². The molecule has 0 aliphatic carbocycles. The predicted molar refractivity (Wildman–Crippen MR) is 128 cm³/mol. The lowest BCUT2D eigenvalue weighted by molar-refractivity contribution is 0.0926. The average molecular weight is 485 g/mol. The minimum atomic E-state index is -0.195. The fourth-order valence-corrected chi connectivity index (χ4v) is 5.67. The van der Waals surface area contributed by atoms with Gasteiger partial charge in [-0.1, -0.05) is 41.4 Å². The van der Waals surface area contributed by atoms with Crippen LogP contribution in [0.2, 0.25) is 10.0 Å². The van der Waals surface area contributed by atoms with E-state index in [1.807, 2.05) is 30.3 Å². The molecule has 0 radical (unpaired) electrons. The number of nitrogens with one attached hydrogen (secondary N) is 1. The van der Waals surface area contributed by atoms with Gasteiger partial charge in [-0.25, -0.2) is 0 Å². The van der Waals surface area contributed by atoms with Gasteiger partial charge in [0.05, 0.1) is 30.2 Å². The van der Waals surface area contributed by atoms with Crippen molar-refractivity contribution >= 4 is 50.5 Å². The molecule has 0 fully saturated rings. The van der Waals surface area contributed by atoms with Crippen molar-refractivity contribution in [1.29, 1.82) is 0 Å². The van der Waals surface area contributed by atoms with E-state index in [2.05, 4.69) is 10.3 Å². The molecule has 5 nitrogen and oxygen atoms in total. The smallest absolute Gasteiger partial charge is 0.265 e. The summed E-state index contributed by atoms with van der Waals surface area (Å²) in [7, 11) is 1.57. The number of para-hydroxylation sites is 1. The lowest BCUT2D eigenvalue weighted by Gasteiger charge is -2.26. The summed E-state index contributed by atoms with van der Waals surface area (Å²) in [4.78, 5) is 18.4. The Morgan fingerprint density at radius 3 is 2.75 bits per heavy atom. The van der Waals surface area contributed by atoms with Crippen LogP contribution in [0.1, 0.15) is 27.7 Å². The summed E-state index contributed by atoms with van der Waals surface area (Å²) in [5.41, 5.74) is 2.45. The van der Waals surface area contributed by atoms with Crippen LogP contribution < -0.4 is 14.8 Å². The number of amides is 1. The Bertz CT molecular complexity index is 1320. The number of methoxy groups -OCH3 is 1. The van der Waals surface area contributed by atoms with Crippen molar-refractivity contribution in [3.05, 3.63) is 75.2 Å². The Morgan fingerprint density at radius 2 is 1.97 bits per heavy atom. The van der Waals surface area contributed by atoms with Crippen LogP contribution in [0.3, 0.4) is 0 Å². The molecular weight excluding hydrogens is 467 g/mol. The summed E-state index contributed by atoms with van der Waals surface area (Å²) in [5, 5.41) is 5.01. The van der Waals surface area contributed by atoms with E-state index in [-0.39, 0.29) is 11.9 Å². The largest absolute Gasteiger partial charge is 0.494 e. The highest BCUT2D eigenvalue weighted by molar-refractivity contribution is 7.21. The van der Waals surface area contributed by atoms with Gasteiger partial charge < -0.3 is 14.8 Å². The van der Waals surface area contributed by atoms with Crippen molar-refractivity contribution in [2.75, 3.05) is 13.7 Å². The standard InChI is InChI=1S/C24H18Cl2N2O3S/c1-30-21-17-6-8-27-20(13-10-14(25)12-15(26)11-13)22(17)32-23(21)24(29)28-18-7-9-31-19-5-3-2-4-16(18)19/h2-6,8,10-12,18H,7,9H2,1H3,(H,28,29). The minimum Gasteiger partial charge on any atom is -0.494 e. The summed E-state index contributed by atoms with van der Waals surface area (Å²) < 4.78 is 12.2. The molecular formula is C24H18Cl2N2O3S. The van der Waals surface area contributed by atoms with Crippen LogP contribution in [0.4, 0.5) is 0 Å². The van der Waals surface area contributed by atoms with Crippen LogP contribution in [-0.2, 0) is 0 Å². The zero-order valence-corrected chi connectivity index (χ0v) is 19.4. The normalized spacial score (nSPS) is 15.2. The van der Waals surface area contributed by atoms with Crippen molar-refractivity contribution in [2.24, 2.45) is 0 Å². The van der Waals surface area contributed by atoms with Crippen LogP contribution in [0.25, 0.3) is 21.3 Å². The first kappa shape index (κ1) is 21.1. The maximum Gasteiger partial charge on any atom is 0.265 e. The van der Waals surface area contributed by atoms with Gasteiger partial charge in [0.1, 0.15) is 16.4 Å². The molecule has 1 unspecified atom stereocenters. The molecule has 3 heterocycles. The van der Waals surface area contributed by atoms with Gasteiger partial charge in [-0.05, 0) is 30.3 Å². The Labute approximate surface area is 198 Å². The first-order valence-corrected chi connectivity index (χ1v) is 11.6. The molecule has 2 aromatic heterocycles. The Balaban J connectivity index is 1.56. The second-order valence-electron chi connectivity index (χ2n) is 7.36. The lowest BCUT2D eigenvalue weighted by Crippen LogP contribution is -2.31. The highest BCUT2D eigenvalue weighted by atomic mass is 35.5. The average Bonchev–Trinajstić information content (AvgIpc) is 3.17. The van der Waals surface area contributed by atoms with E-state index in [4.69, 9.17) is 32.7 Å². The second-order valence-corrected chi connectivity index (χ2v) is 9.25. The van der Waals surface area contributed by atoms with Crippen LogP contribution >= 0.6 is 34.5 Å². The summed E-state index contributed by atoms with van der Waals surface area (Å²) in [6, 6.07) is 14.8. The van der Waals surface area contributed by atoms with Crippen molar-refractivity contribution in [3.8, 4) is 22.8 Å². The number of halogens is 2. The molecule has 4 aromatic rings. The molecule has 32 heavy (non-hydrogen) atoms. The zero-order chi connectivity index (χ0) is 22.2. The van der Waals surface area contributed by atoms with Crippen molar-refractivity contribution < 1.29 is 14.3 Å². The highest BCUT2D eigenvalue weighted by Crippen LogP contribution is 2.43. The zero-order valence-electron chi connectivity index (χ0n) is 17.0. The van der Waals surface area contributed by atoms with E-state index in [0.29, 0.717) is 39.4 Å². The summed E-state index contributed by atoms with van der Waals surface area (Å²) in [6.07, 6.45) is 2.39. The number of thiophene rings is 1. The summed E-state index contributed by atoms with van der Waals surface area (Å²) >= 11 is 13.8. The molecule has 8 heteroatoms. The van der Waals surface area contributed by atoms with Crippen molar-refractivity contribution in [1.82, 2.24) is 10.3 Å². The van der Waals surface area contributed by atoms with Crippen LogP contribution in [0.5, 0.6) is 11.5 Å². The summed E-state index contributed by atoms with van der Waals surface area (Å²) in [5.74, 6) is 1.14. The third-order valence-electron chi connectivity index (χ3n) is 5.37. The van der Waals surface area contributed by atoms with Crippen LogP contribution in [0.15, 0.2) is 54.7 Å². The molecule has 5 rings (SSSR count). The molecule has 1 amide bonds. The quantitative estimate of drug-likeness (QED) is 0.357. The number of benzene rings is 2. The molecule has 1 aliphatic rings. The van der Waals surface area contributed by atoms with Gasteiger partial charge in [-0.3, -0.25) is 9.78 Å². The SMILES string of the molecule is COc1c(C(=O)NC2CCOc3ccccc32)sc2c(-c3cc(Cl)cc(Cl)c3)nccc12. The number of nitrogens with zero attached hydrogens (tertiary/aromatic N) is 1. The Morgan fingerprint density at radius 1 is 1.19 bits per heavy atom. The fourth-order valence-electron chi connectivity index (χ4n) is 3.97. The van der Waals surface area contributed by atoms with Gasteiger partial charge >= 0.3 is 0 Å². The van der Waals surface area contributed by atoms with E-state index >= 15 is 0 Å². The maximum atomic E-state index is 13.3. The number of carbonyl (C=O) groups is 1. The molecule has 0 saturated heterocycles. The maximum absolute atomic E-state index is 13.3. The number of carbonyl (C=O) groups excluding carboxylic acids is 1. The van der Waals surface area contributed by atoms with Gasteiger partial charge in [0, 0.05) is 39.2 Å².